The van der Waals surface area contributed by atoms with Gasteiger partial charge in [0.05, 0.1) is 7.11 Å². The van der Waals surface area contributed by atoms with E-state index in [-0.39, 0.29) is 0 Å². The molecule has 0 atom stereocenters. The maximum atomic E-state index is 10.5. The third-order valence-corrected chi connectivity index (χ3v) is 3.16. The minimum absolute atomic E-state index is 0.459. The van der Waals surface area contributed by atoms with Gasteiger partial charge in [0.15, 0.2) is 0 Å². The molecule has 0 unspecified atom stereocenters. The van der Waals surface area contributed by atoms with E-state index in [1.165, 1.54) is 4.70 Å². The Morgan fingerprint density at radius 2 is 2.36 bits per heavy atom. The number of hydrogen-bond acceptors (Lipinski definition) is 3. The van der Waals surface area contributed by atoms with E-state index in [1.807, 2.05) is 23.6 Å². The summed E-state index contributed by atoms with van der Waals surface area (Å²) in [4.78, 5) is 10.5. The molecule has 14 heavy (non-hydrogen) atoms. The van der Waals surface area contributed by atoms with Crippen LogP contribution in [-0.2, 0) is 11.2 Å². The van der Waals surface area contributed by atoms with Gasteiger partial charge in [0.25, 0.3) is 0 Å². The summed E-state index contributed by atoms with van der Waals surface area (Å²) in [6.07, 6.45) is 1.38. The van der Waals surface area contributed by atoms with Gasteiger partial charge in [0, 0.05) is 16.5 Å². The summed E-state index contributed by atoms with van der Waals surface area (Å²) in [7, 11) is 1.65. The van der Waals surface area contributed by atoms with Gasteiger partial charge in [-0.3, -0.25) is 0 Å². The lowest BCUT2D eigenvalue weighted by atomic mass is 10.1. The Bertz CT molecular complexity index is 459. The van der Waals surface area contributed by atoms with Crippen molar-refractivity contribution in [3.63, 3.8) is 0 Å². The molecule has 0 spiro atoms. The number of hydrogen-bond donors (Lipinski definition) is 0. The zero-order valence-electron chi connectivity index (χ0n) is 7.82. The second-order valence-corrected chi connectivity index (χ2v) is 3.88. The summed E-state index contributed by atoms with van der Waals surface area (Å²) >= 11 is 1.64. The van der Waals surface area contributed by atoms with Gasteiger partial charge >= 0.3 is 0 Å². The van der Waals surface area contributed by atoms with Crippen LogP contribution < -0.4 is 4.74 Å². The Kier molecular flexibility index (Phi) is 2.50. The van der Waals surface area contributed by atoms with Crippen molar-refractivity contribution in [3.05, 3.63) is 29.1 Å². The second kappa shape index (κ2) is 3.80. The fourth-order valence-corrected chi connectivity index (χ4v) is 2.52. The van der Waals surface area contributed by atoms with E-state index in [2.05, 4.69) is 0 Å². The number of thiophene rings is 1. The van der Waals surface area contributed by atoms with Crippen LogP contribution in [0.4, 0.5) is 0 Å². The maximum absolute atomic E-state index is 10.5. The number of carbonyl (C=O) groups excluding carboxylic acids is 1. The lowest BCUT2D eigenvalue weighted by molar-refractivity contribution is -0.107. The van der Waals surface area contributed by atoms with Gasteiger partial charge in [-0.15, -0.1) is 11.3 Å². The topological polar surface area (TPSA) is 26.3 Å². The molecule has 1 aromatic carbocycles. The van der Waals surface area contributed by atoms with Crippen molar-refractivity contribution in [1.82, 2.24) is 0 Å². The van der Waals surface area contributed by atoms with E-state index in [0.29, 0.717) is 6.42 Å². The Morgan fingerprint density at radius 3 is 3.07 bits per heavy atom. The monoisotopic (exact) mass is 206 g/mol. The number of fused-ring (bicyclic) bond motifs is 1. The lowest BCUT2D eigenvalue weighted by Crippen LogP contribution is -1.87. The highest BCUT2D eigenvalue weighted by Crippen LogP contribution is 2.33. The number of ether oxygens (including phenoxy) is 1. The van der Waals surface area contributed by atoms with Crippen molar-refractivity contribution >= 4 is 27.7 Å². The predicted octanol–water partition coefficient (Wildman–Crippen LogP) is 2.65. The van der Waals surface area contributed by atoms with Crippen LogP contribution in [0.25, 0.3) is 10.1 Å². The van der Waals surface area contributed by atoms with Crippen LogP contribution in [-0.4, -0.2) is 13.4 Å². The first-order valence-electron chi connectivity index (χ1n) is 4.33. The summed E-state index contributed by atoms with van der Waals surface area (Å²) in [6.45, 7) is 0. The molecule has 2 nitrogen and oxygen atoms in total. The Balaban J connectivity index is 2.67. The van der Waals surface area contributed by atoms with Gasteiger partial charge in [-0.05, 0) is 23.1 Å². The molecule has 72 valence electrons. The van der Waals surface area contributed by atoms with Crippen molar-refractivity contribution in [2.24, 2.45) is 0 Å². The molecule has 2 rings (SSSR count). The number of aldehydes is 1. The first-order chi connectivity index (χ1) is 6.86. The van der Waals surface area contributed by atoms with E-state index < -0.39 is 0 Å². The largest absolute Gasteiger partial charge is 0.496 e. The SMILES string of the molecule is COc1cccc2scc(CC=O)c12. The molecule has 0 saturated heterocycles. The third-order valence-electron chi connectivity index (χ3n) is 2.16. The fraction of sp³-hybridized carbons (Fsp3) is 0.182. The number of methoxy groups -OCH3 is 1. The quantitative estimate of drug-likeness (QED) is 0.722. The highest BCUT2D eigenvalue weighted by atomic mass is 32.1. The highest BCUT2D eigenvalue weighted by molar-refractivity contribution is 7.17. The van der Waals surface area contributed by atoms with Gasteiger partial charge in [0.1, 0.15) is 12.0 Å². The minimum Gasteiger partial charge on any atom is -0.496 e. The van der Waals surface area contributed by atoms with Crippen molar-refractivity contribution in [3.8, 4) is 5.75 Å². The standard InChI is InChI=1S/C11H10O2S/c1-13-9-3-2-4-10-11(9)8(5-6-12)7-14-10/h2-4,6-7H,5H2,1H3. The first-order valence-corrected chi connectivity index (χ1v) is 5.21. The van der Waals surface area contributed by atoms with Crippen LogP contribution in [0, 0.1) is 0 Å². The van der Waals surface area contributed by atoms with E-state index >= 15 is 0 Å². The summed E-state index contributed by atoms with van der Waals surface area (Å²) in [5.41, 5.74) is 1.05. The van der Waals surface area contributed by atoms with Crippen molar-refractivity contribution in [1.29, 1.82) is 0 Å². The van der Waals surface area contributed by atoms with Crippen molar-refractivity contribution in [2.45, 2.75) is 6.42 Å². The van der Waals surface area contributed by atoms with Crippen LogP contribution in [0.1, 0.15) is 5.56 Å². The average Bonchev–Trinajstić information content (AvgIpc) is 2.62. The first kappa shape index (κ1) is 9.21. The van der Waals surface area contributed by atoms with Crippen molar-refractivity contribution < 1.29 is 9.53 Å². The van der Waals surface area contributed by atoms with Gasteiger partial charge in [0.2, 0.25) is 0 Å². The molecule has 0 saturated carbocycles. The van der Waals surface area contributed by atoms with Crippen molar-refractivity contribution in [2.75, 3.05) is 7.11 Å². The van der Waals surface area contributed by atoms with Gasteiger partial charge < -0.3 is 9.53 Å². The number of benzene rings is 1. The van der Waals surface area contributed by atoms with Crippen LogP contribution in [0.15, 0.2) is 23.6 Å². The summed E-state index contributed by atoms with van der Waals surface area (Å²) in [5.74, 6) is 0.848. The molecular formula is C11H10O2S. The normalized spacial score (nSPS) is 10.4. The summed E-state index contributed by atoms with van der Waals surface area (Å²) in [6, 6.07) is 5.92. The zero-order chi connectivity index (χ0) is 9.97. The predicted molar refractivity (Wildman–Crippen MR) is 58.1 cm³/mol. The summed E-state index contributed by atoms with van der Waals surface area (Å²) in [5, 5.41) is 3.09. The highest BCUT2D eigenvalue weighted by Gasteiger charge is 2.08. The molecule has 0 aliphatic carbocycles. The fourth-order valence-electron chi connectivity index (χ4n) is 1.53. The van der Waals surface area contributed by atoms with Crippen LogP contribution in [0.2, 0.25) is 0 Å². The van der Waals surface area contributed by atoms with E-state index in [9.17, 15) is 4.79 Å². The molecule has 0 aliphatic rings. The smallest absolute Gasteiger partial charge is 0.127 e. The molecule has 2 aromatic rings. The van der Waals surface area contributed by atoms with Crippen LogP contribution in [0.3, 0.4) is 0 Å². The molecule has 0 fully saturated rings. The van der Waals surface area contributed by atoms with E-state index in [4.69, 9.17) is 4.74 Å². The second-order valence-electron chi connectivity index (χ2n) is 2.97. The van der Waals surface area contributed by atoms with Crippen LogP contribution in [0.5, 0.6) is 5.75 Å². The number of carbonyl (C=O) groups is 1. The number of rotatable bonds is 3. The summed E-state index contributed by atoms with van der Waals surface area (Å²) < 4.78 is 6.43. The van der Waals surface area contributed by atoms with Crippen LogP contribution >= 0.6 is 11.3 Å². The average molecular weight is 206 g/mol. The van der Waals surface area contributed by atoms with Gasteiger partial charge in [-0.1, -0.05) is 6.07 Å². The van der Waals surface area contributed by atoms with Gasteiger partial charge in [-0.25, -0.2) is 0 Å². The zero-order valence-corrected chi connectivity index (χ0v) is 8.64. The van der Waals surface area contributed by atoms with E-state index in [1.54, 1.807) is 18.4 Å². The molecule has 3 heteroatoms. The third kappa shape index (κ3) is 1.40. The molecule has 0 radical (unpaired) electrons. The molecule has 0 bridgehead atoms. The molecule has 0 aliphatic heterocycles. The maximum Gasteiger partial charge on any atom is 0.127 e. The van der Waals surface area contributed by atoms with Gasteiger partial charge in [-0.2, -0.15) is 0 Å². The molecular weight excluding hydrogens is 196 g/mol. The minimum atomic E-state index is 0.459. The Hall–Kier alpha value is -1.35. The Morgan fingerprint density at radius 1 is 1.50 bits per heavy atom. The lowest BCUT2D eigenvalue weighted by Gasteiger charge is -2.02. The molecule has 1 heterocycles. The molecule has 0 N–H and O–H groups in total. The Labute approximate surface area is 86.1 Å². The molecule has 0 amide bonds. The molecule has 1 aromatic heterocycles. The van der Waals surface area contributed by atoms with E-state index in [0.717, 1.165) is 23.0 Å².